The third-order valence-corrected chi connectivity index (χ3v) is 4.66. The van der Waals surface area contributed by atoms with E-state index < -0.39 is 0 Å². The fourth-order valence-electron chi connectivity index (χ4n) is 3.07. The monoisotopic (exact) mass is 364 g/mol. The first-order valence-corrected chi connectivity index (χ1v) is 8.79. The largest absolute Gasteiger partial charge is 0.350 e. The molecule has 5 nitrogen and oxygen atoms in total. The molecule has 0 unspecified atom stereocenters. The maximum Gasteiger partial charge on any atom is 0.276 e. The topological polar surface area (TPSA) is 58.1 Å². The number of amides is 1. The number of fused-ring (bicyclic) bond motifs is 1. The van der Waals surface area contributed by atoms with Crippen molar-refractivity contribution >= 4 is 29.0 Å². The molecule has 26 heavy (non-hydrogen) atoms. The molecule has 1 aliphatic heterocycles. The van der Waals surface area contributed by atoms with E-state index in [0.29, 0.717) is 10.7 Å². The lowest BCUT2D eigenvalue weighted by Gasteiger charge is -2.29. The van der Waals surface area contributed by atoms with E-state index in [1.165, 1.54) is 11.1 Å². The van der Waals surface area contributed by atoms with Crippen LogP contribution in [-0.2, 0) is 13.0 Å². The molecule has 2 aromatic carbocycles. The predicted molar refractivity (Wildman–Crippen MR) is 103 cm³/mol. The molecule has 0 saturated heterocycles. The number of nitrogens with one attached hydrogen (secondary N) is 1. The number of benzene rings is 2. The van der Waals surface area contributed by atoms with Crippen LogP contribution in [0, 0.1) is 0 Å². The highest BCUT2D eigenvalue weighted by Gasteiger charge is 2.18. The molecule has 1 aromatic heterocycles. The van der Waals surface area contributed by atoms with Gasteiger partial charge in [-0.3, -0.25) is 4.79 Å². The second-order valence-corrected chi connectivity index (χ2v) is 6.62. The summed E-state index contributed by atoms with van der Waals surface area (Å²) in [6.07, 6.45) is 0.981. The van der Waals surface area contributed by atoms with E-state index in [-0.39, 0.29) is 11.6 Å². The van der Waals surface area contributed by atoms with Gasteiger partial charge in [0.15, 0.2) is 11.5 Å². The average molecular weight is 365 g/mol. The van der Waals surface area contributed by atoms with E-state index in [9.17, 15) is 4.79 Å². The Morgan fingerprint density at radius 1 is 1.00 bits per heavy atom. The van der Waals surface area contributed by atoms with Crippen molar-refractivity contribution in [3.63, 3.8) is 0 Å². The fourth-order valence-corrected chi connectivity index (χ4v) is 3.26. The Labute approximate surface area is 156 Å². The van der Waals surface area contributed by atoms with Crippen molar-refractivity contribution in [1.82, 2.24) is 10.2 Å². The van der Waals surface area contributed by atoms with Crippen molar-refractivity contribution in [3.05, 3.63) is 82.5 Å². The summed E-state index contributed by atoms with van der Waals surface area (Å²) < 4.78 is 0. The Morgan fingerprint density at radius 3 is 2.62 bits per heavy atom. The lowest BCUT2D eigenvalue weighted by atomic mass is 10.00. The highest BCUT2D eigenvalue weighted by Crippen LogP contribution is 2.22. The molecule has 0 atom stereocenters. The minimum absolute atomic E-state index is 0.270. The van der Waals surface area contributed by atoms with Crippen LogP contribution in [0.15, 0.2) is 60.7 Å². The number of carbonyl (C=O) groups is 1. The van der Waals surface area contributed by atoms with Crippen molar-refractivity contribution in [2.24, 2.45) is 0 Å². The van der Waals surface area contributed by atoms with Gasteiger partial charge < -0.3 is 10.2 Å². The van der Waals surface area contributed by atoms with Gasteiger partial charge in [-0.2, -0.15) is 0 Å². The molecular weight excluding hydrogens is 348 g/mol. The van der Waals surface area contributed by atoms with E-state index >= 15 is 0 Å². The lowest BCUT2D eigenvalue weighted by molar-refractivity contribution is 0.102. The van der Waals surface area contributed by atoms with Crippen LogP contribution in [0.5, 0.6) is 0 Å². The normalized spacial score (nSPS) is 13.2. The van der Waals surface area contributed by atoms with Crippen molar-refractivity contribution in [1.29, 1.82) is 0 Å². The number of carbonyl (C=O) groups excluding carboxylic acids is 1. The first-order chi connectivity index (χ1) is 12.7. The number of nitrogens with zero attached hydrogens (tertiary/aromatic N) is 3. The van der Waals surface area contributed by atoms with Crippen molar-refractivity contribution in [3.8, 4) is 0 Å². The standard InChI is InChI=1S/C20H17ClN4O/c21-16-6-3-7-17(12-16)22-20(26)18-8-9-19(24-23-18)25-11-10-14-4-1-2-5-15(14)13-25/h1-9,12H,10-11,13H2,(H,22,26). The van der Waals surface area contributed by atoms with Crippen LogP contribution < -0.4 is 10.2 Å². The summed E-state index contributed by atoms with van der Waals surface area (Å²) in [6, 6.07) is 19.0. The number of hydrogen-bond acceptors (Lipinski definition) is 4. The maximum atomic E-state index is 12.3. The Kier molecular flexibility index (Phi) is 4.54. The molecule has 6 heteroatoms. The maximum absolute atomic E-state index is 12.3. The summed E-state index contributed by atoms with van der Waals surface area (Å²) >= 11 is 5.93. The second-order valence-electron chi connectivity index (χ2n) is 6.18. The third-order valence-electron chi connectivity index (χ3n) is 4.42. The molecule has 1 amide bonds. The first-order valence-electron chi connectivity index (χ1n) is 8.41. The quantitative estimate of drug-likeness (QED) is 0.764. The minimum Gasteiger partial charge on any atom is -0.350 e. The number of rotatable bonds is 3. The molecule has 3 aromatic rings. The molecule has 1 aliphatic rings. The van der Waals surface area contributed by atoms with Gasteiger partial charge in [-0.25, -0.2) is 0 Å². The molecule has 0 bridgehead atoms. The SMILES string of the molecule is O=C(Nc1cccc(Cl)c1)c1ccc(N2CCc3ccccc3C2)nn1. The van der Waals surface area contributed by atoms with Gasteiger partial charge in [0, 0.05) is 23.8 Å². The summed E-state index contributed by atoms with van der Waals surface area (Å²) in [4.78, 5) is 14.5. The van der Waals surface area contributed by atoms with Gasteiger partial charge >= 0.3 is 0 Å². The van der Waals surface area contributed by atoms with Crippen LogP contribution >= 0.6 is 11.6 Å². The third kappa shape index (κ3) is 3.53. The van der Waals surface area contributed by atoms with Crippen LogP contribution in [0.25, 0.3) is 0 Å². The van der Waals surface area contributed by atoms with Crippen LogP contribution in [0.2, 0.25) is 5.02 Å². The van der Waals surface area contributed by atoms with Gasteiger partial charge in [0.1, 0.15) is 0 Å². The minimum atomic E-state index is -0.310. The predicted octanol–water partition coefficient (Wildman–Crippen LogP) is 3.95. The molecule has 0 spiro atoms. The average Bonchev–Trinajstić information content (AvgIpc) is 2.68. The van der Waals surface area contributed by atoms with Crippen LogP contribution in [-0.4, -0.2) is 22.6 Å². The zero-order valence-electron chi connectivity index (χ0n) is 14.0. The van der Waals surface area contributed by atoms with Crippen LogP contribution in [0.3, 0.4) is 0 Å². The smallest absolute Gasteiger partial charge is 0.276 e. The van der Waals surface area contributed by atoms with E-state index in [1.54, 1.807) is 30.3 Å². The molecule has 0 radical (unpaired) electrons. The van der Waals surface area contributed by atoms with E-state index in [1.807, 2.05) is 6.07 Å². The van der Waals surface area contributed by atoms with Crippen LogP contribution in [0.4, 0.5) is 11.5 Å². The van der Waals surface area contributed by atoms with Gasteiger partial charge in [-0.05, 0) is 47.9 Å². The summed E-state index contributed by atoms with van der Waals surface area (Å²) in [5, 5.41) is 11.7. The first kappa shape index (κ1) is 16.5. The molecule has 2 heterocycles. The Morgan fingerprint density at radius 2 is 1.85 bits per heavy atom. The zero-order valence-corrected chi connectivity index (χ0v) is 14.8. The molecule has 1 N–H and O–H groups in total. The summed E-state index contributed by atoms with van der Waals surface area (Å²) in [7, 11) is 0. The van der Waals surface area contributed by atoms with Gasteiger partial charge in [0.2, 0.25) is 0 Å². The molecule has 0 saturated carbocycles. The molecular formula is C20H17ClN4O. The van der Waals surface area contributed by atoms with E-state index in [4.69, 9.17) is 11.6 Å². The number of aromatic nitrogens is 2. The van der Waals surface area contributed by atoms with Gasteiger partial charge in [0.05, 0.1) is 0 Å². The summed E-state index contributed by atoms with van der Waals surface area (Å²) in [5.41, 5.74) is 3.59. The second kappa shape index (κ2) is 7.14. The number of hydrogen-bond donors (Lipinski definition) is 1. The Balaban J connectivity index is 1.46. The fraction of sp³-hybridized carbons (Fsp3) is 0.150. The number of halogens is 1. The lowest BCUT2D eigenvalue weighted by Crippen LogP contribution is -2.31. The zero-order chi connectivity index (χ0) is 17.9. The highest BCUT2D eigenvalue weighted by atomic mass is 35.5. The molecule has 4 rings (SSSR count). The van der Waals surface area contributed by atoms with Crippen molar-refractivity contribution in [2.75, 3.05) is 16.8 Å². The van der Waals surface area contributed by atoms with Gasteiger partial charge in [0.25, 0.3) is 5.91 Å². The Bertz CT molecular complexity index is 943. The van der Waals surface area contributed by atoms with E-state index in [2.05, 4.69) is 44.7 Å². The Hall–Kier alpha value is -2.92. The van der Waals surface area contributed by atoms with Gasteiger partial charge in [-0.1, -0.05) is 41.9 Å². The van der Waals surface area contributed by atoms with Crippen molar-refractivity contribution < 1.29 is 4.79 Å². The molecule has 0 aliphatic carbocycles. The highest BCUT2D eigenvalue weighted by molar-refractivity contribution is 6.30. The van der Waals surface area contributed by atoms with Gasteiger partial charge in [-0.15, -0.1) is 10.2 Å². The van der Waals surface area contributed by atoms with Crippen LogP contribution in [0.1, 0.15) is 21.6 Å². The summed E-state index contributed by atoms with van der Waals surface area (Å²) in [5.74, 6) is 0.467. The molecule has 130 valence electrons. The summed E-state index contributed by atoms with van der Waals surface area (Å²) in [6.45, 7) is 1.69. The number of anilines is 2. The van der Waals surface area contributed by atoms with E-state index in [0.717, 1.165) is 25.3 Å². The van der Waals surface area contributed by atoms with Crippen molar-refractivity contribution in [2.45, 2.75) is 13.0 Å². The molecule has 0 fully saturated rings.